The van der Waals surface area contributed by atoms with E-state index in [9.17, 15) is 10.1 Å². The quantitative estimate of drug-likeness (QED) is 0.225. The van der Waals surface area contributed by atoms with Crippen molar-refractivity contribution >= 4 is 22.3 Å². The number of hydrogen-bond acceptors (Lipinski definition) is 6. The Bertz CT molecular complexity index is 1400. The van der Waals surface area contributed by atoms with Crippen LogP contribution in [0.25, 0.3) is 10.8 Å². The summed E-state index contributed by atoms with van der Waals surface area (Å²) in [6.07, 6.45) is 1.27. The summed E-state index contributed by atoms with van der Waals surface area (Å²) in [6.45, 7) is 0. The van der Waals surface area contributed by atoms with E-state index in [2.05, 4.69) is 15.3 Å². The molecule has 7 heteroatoms. The van der Waals surface area contributed by atoms with Crippen LogP contribution in [-0.4, -0.2) is 14.9 Å². The normalized spacial score (nSPS) is 10.9. The molecule has 166 valence electrons. The second-order valence-corrected chi connectivity index (χ2v) is 7.61. The van der Waals surface area contributed by atoms with Crippen LogP contribution in [0.15, 0.2) is 109 Å². The average Bonchev–Trinajstić information content (AvgIpc) is 2.88. The molecule has 0 bridgehead atoms. The van der Waals surface area contributed by atoms with Crippen molar-refractivity contribution in [2.24, 2.45) is 0 Å². The van der Waals surface area contributed by atoms with Gasteiger partial charge >= 0.3 is 11.6 Å². The van der Waals surface area contributed by atoms with Gasteiger partial charge < -0.3 is 10.1 Å². The first-order chi connectivity index (χ1) is 16.7. The van der Waals surface area contributed by atoms with Gasteiger partial charge in [0.25, 0.3) is 0 Å². The number of hydrogen-bond donors (Lipinski definition) is 1. The highest BCUT2D eigenvalue weighted by Gasteiger charge is 2.28. The minimum atomic E-state index is -0.518. The van der Waals surface area contributed by atoms with Crippen LogP contribution in [0.1, 0.15) is 17.2 Å². The van der Waals surface area contributed by atoms with Gasteiger partial charge in [0, 0.05) is 5.39 Å². The number of aromatic nitrogens is 2. The number of benzene rings is 4. The van der Waals surface area contributed by atoms with Crippen molar-refractivity contribution in [3.05, 3.63) is 131 Å². The Morgan fingerprint density at radius 2 is 1.38 bits per heavy atom. The maximum atomic E-state index is 12.2. The highest BCUT2D eigenvalue weighted by atomic mass is 16.6. The minimum Gasteiger partial charge on any atom is -0.433 e. The van der Waals surface area contributed by atoms with E-state index < -0.39 is 4.92 Å². The lowest BCUT2D eigenvalue weighted by molar-refractivity contribution is -0.385. The van der Waals surface area contributed by atoms with E-state index in [1.54, 1.807) is 6.07 Å². The molecule has 0 aliphatic heterocycles. The zero-order valence-electron chi connectivity index (χ0n) is 18.0. The largest absolute Gasteiger partial charge is 0.433 e. The fourth-order valence-corrected chi connectivity index (χ4v) is 3.88. The first-order valence-electron chi connectivity index (χ1n) is 10.7. The number of nitro groups is 1. The van der Waals surface area contributed by atoms with Gasteiger partial charge in [-0.15, -0.1) is 0 Å². The number of fused-ring (bicyclic) bond motifs is 1. The highest BCUT2D eigenvalue weighted by Crippen LogP contribution is 2.38. The van der Waals surface area contributed by atoms with Crippen LogP contribution in [0.4, 0.5) is 11.5 Å². The summed E-state index contributed by atoms with van der Waals surface area (Å²) < 4.78 is 5.98. The van der Waals surface area contributed by atoms with Crippen LogP contribution in [0.3, 0.4) is 0 Å². The van der Waals surface area contributed by atoms with E-state index in [-0.39, 0.29) is 23.4 Å². The predicted molar refractivity (Wildman–Crippen MR) is 131 cm³/mol. The number of ether oxygens (including phenoxy) is 1. The first kappa shape index (κ1) is 21.1. The summed E-state index contributed by atoms with van der Waals surface area (Å²) in [5.74, 6) is 0.431. The Kier molecular flexibility index (Phi) is 5.82. The smallest absolute Gasteiger partial charge is 0.373 e. The molecule has 0 radical (unpaired) electrons. The Balaban J connectivity index is 1.57. The Morgan fingerprint density at radius 1 is 0.765 bits per heavy atom. The summed E-state index contributed by atoms with van der Waals surface area (Å²) in [7, 11) is 0. The maximum Gasteiger partial charge on any atom is 0.373 e. The van der Waals surface area contributed by atoms with Crippen molar-refractivity contribution in [2.45, 2.75) is 6.04 Å². The molecule has 7 nitrogen and oxygen atoms in total. The SMILES string of the molecule is O=[N+]([O-])c1c(NC(c2ccccc2)c2ccccc2)ncnc1Oc1cccc2ccccc12. The van der Waals surface area contributed by atoms with E-state index in [1.807, 2.05) is 97.1 Å². The molecule has 0 unspecified atom stereocenters. The predicted octanol–water partition coefficient (Wildman–Crippen LogP) is 6.53. The molecule has 1 N–H and O–H groups in total. The van der Waals surface area contributed by atoms with Gasteiger partial charge in [0.05, 0.1) is 11.0 Å². The van der Waals surface area contributed by atoms with Gasteiger partial charge in [0.2, 0.25) is 5.82 Å². The summed E-state index contributed by atoms with van der Waals surface area (Å²) in [5, 5.41) is 17.2. The highest BCUT2D eigenvalue weighted by molar-refractivity contribution is 5.88. The van der Waals surface area contributed by atoms with Crippen LogP contribution in [0, 0.1) is 10.1 Å². The molecule has 34 heavy (non-hydrogen) atoms. The van der Waals surface area contributed by atoms with Crippen molar-refractivity contribution in [2.75, 3.05) is 5.32 Å². The lowest BCUT2D eigenvalue weighted by Gasteiger charge is -2.20. The fourth-order valence-electron chi connectivity index (χ4n) is 3.88. The molecule has 0 amide bonds. The van der Waals surface area contributed by atoms with E-state index in [1.165, 1.54) is 6.33 Å². The van der Waals surface area contributed by atoms with Crippen LogP contribution in [0.5, 0.6) is 11.6 Å². The van der Waals surface area contributed by atoms with E-state index in [4.69, 9.17) is 4.74 Å². The standard InChI is InChI=1S/C27H20N4O3/c32-31(33)25-26(30-24(20-11-3-1-4-12-20)21-13-5-2-6-14-21)28-18-29-27(25)34-23-17-9-15-19-10-7-8-16-22(19)23/h1-18,24H,(H,28,29,30). The molecule has 4 aromatic carbocycles. The summed E-state index contributed by atoms with van der Waals surface area (Å²) in [6, 6.07) is 32.3. The Labute approximate surface area is 195 Å². The lowest BCUT2D eigenvalue weighted by Crippen LogP contribution is -2.15. The number of rotatable bonds is 7. The van der Waals surface area contributed by atoms with E-state index in [0.717, 1.165) is 21.9 Å². The van der Waals surface area contributed by atoms with Gasteiger partial charge in [-0.25, -0.2) is 4.98 Å². The van der Waals surface area contributed by atoms with Crippen LogP contribution >= 0.6 is 0 Å². The molecule has 0 aliphatic carbocycles. The molecule has 0 saturated carbocycles. The third-order valence-corrected chi connectivity index (χ3v) is 5.47. The van der Waals surface area contributed by atoms with Crippen molar-refractivity contribution in [1.82, 2.24) is 9.97 Å². The summed E-state index contributed by atoms with van der Waals surface area (Å²) in [4.78, 5) is 20.0. The molecule has 0 aliphatic rings. The second-order valence-electron chi connectivity index (χ2n) is 7.61. The zero-order valence-corrected chi connectivity index (χ0v) is 18.0. The first-order valence-corrected chi connectivity index (χ1v) is 10.7. The molecule has 0 atom stereocenters. The van der Waals surface area contributed by atoms with E-state index >= 15 is 0 Å². The molecular formula is C27H20N4O3. The van der Waals surface area contributed by atoms with Crippen LogP contribution in [-0.2, 0) is 0 Å². The third-order valence-electron chi connectivity index (χ3n) is 5.47. The van der Waals surface area contributed by atoms with E-state index in [0.29, 0.717) is 5.75 Å². The van der Waals surface area contributed by atoms with Crippen LogP contribution in [0.2, 0.25) is 0 Å². The number of nitrogens with one attached hydrogen (secondary N) is 1. The average molecular weight is 448 g/mol. The Morgan fingerprint density at radius 3 is 2.06 bits per heavy atom. The van der Waals surface area contributed by atoms with Crippen molar-refractivity contribution in [3.63, 3.8) is 0 Å². The van der Waals surface area contributed by atoms with Crippen molar-refractivity contribution < 1.29 is 9.66 Å². The molecule has 0 fully saturated rings. The van der Waals surface area contributed by atoms with Gasteiger partial charge in [-0.1, -0.05) is 97.1 Å². The number of anilines is 1. The lowest BCUT2D eigenvalue weighted by atomic mass is 9.99. The molecular weight excluding hydrogens is 428 g/mol. The molecule has 5 aromatic rings. The van der Waals surface area contributed by atoms with Crippen LogP contribution < -0.4 is 10.1 Å². The summed E-state index contributed by atoms with van der Waals surface area (Å²) in [5.41, 5.74) is 1.56. The number of nitrogens with zero attached hydrogens (tertiary/aromatic N) is 3. The third kappa shape index (κ3) is 4.27. The van der Waals surface area contributed by atoms with Gasteiger partial charge in [-0.2, -0.15) is 4.98 Å². The minimum absolute atomic E-state index is 0.0768. The zero-order chi connectivity index (χ0) is 23.3. The van der Waals surface area contributed by atoms with Gasteiger partial charge in [0.15, 0.2) is 0 Å². The second kappa shape index (κ2) is 9.38. The van der Waals surface area contributed by atoms with Crippen molar-refractivity contribution in [1.29, 1.82) is 0 Å². The maximum absolute atomic E-state index is 12.2. The van der Waals surface area contributed by atoms with Crippen molar-refractivity contribution in [3.8, 4) is 11.6 Å². The summed E-state index contributed by atoms with van der Waals surface area (Å²) >= 11 is 0. The molecule has 0 spiro atoms. The molecule has 0 saturated heterocycles. The van der Waals surface area contributed by atoms with Gasteiger partial charge in [-0.05, 0) is 22.6 Å². The topological polar surface area (TPSA) is 90.2 Å². The van der Waals surface area contributed by atoms with Gasteiger partial charge in [0.1, 0.15) is 12.1 Å². The fraction of sp³-hybridized carbons (Fsp3) is 0.0370. The molecule has 1 heterocycles. The van der Waals surface area contributed by atoms with Gasteiger partial charge in [-0.3, -0.25) is 10.1 Å². The molecule has 1 aromatic heterocycles. The monoisotopic (exact) mass is 448 g/mol. The molecule has 5 rings (SSSR count). The Hall–Kier alpha value is -4.78.